The predicted octanol–water partition coefficient (Wildman–Crippen LogP) is 9.54. The molecule has 5 aromatic carbocycles. The van der Waals surface area contributed by atoms with E-state index >= 15 is 0 Å². The average molecular weight is 513 g/mol. The summed E-state index contributed by atoms with van der Waals surface area (Å²) in [5.41, 5.74) is 11.3. The van der Waals surface area contributed by atoms with E-state index in [4.69, 9.17) is 0 Å². The Balaban J connectivity index is 1.45. The van der Waals surface area contributed by atoms with Crippen LogP contribution in [0.2, 0.25) is 0 Å². The van der Waals surface area contributed by atoms with Gasteiger partial charge in [0.25, 0.3) is 0 Å². The van der Waals surface area contributed by atoms with E-state index in [0.717, 1.165) is 56.4 Å². The van der Waals surface area contributed by atoms with Crippen LogP contribution >= 0.6 is 0 Å². The Labute approximate surface area is 233 Å². The van der Waals surface area contributed by atoms with Crippen LogP contribution < -0.4 is 9.80 Å². The molecule has 6 aromatic rings. The molecule has 0 atom stereocenters. The highest BCUT2D eigenvalue weighted by atomic mass is 15.3. The normalized spacial score (nSPS) is 11.9. The maximum absolute atomic E-state index is 9.24. The van der Waals surface area contributed by atoms with Gasteiger partial charge in [0.1, 0.15) is 11.8 Å². The van der Waals surface area contributed by atoms with Crippen LogP contribution in [-0.4, -0.2) is 4.98 Å². The number of nitriles is 1. The summed E-state index contributed by atoms with van der Waals surface area (Å²) in [6.45, 7) is 0. The zero-order valence-corrected chi connectivity index (χ0v) is 21.6. The standard InChI is InChI=1S/C36H24N4/c37-24-27-23-22-26(25-38-27)29-14-4-5-15-30(29)31-16-6-7-17-32(31)40-35-20-10-8-18-33(35)39(28-12-2-1-3-13-28)34-19-9-11-21-36(34)40/h1-23,25H. The molecule has 188 valence electrons. The third-order valence-electron chi connectivity index (χ3n) is 7.29. The predicted molar refractivity (Wildman–Crippen MR) is 163 cm³/mol. The van der Waals surface area contributed by atoms with Crippen LogP contribution in [0.5, 0.6) is 0 Å². The molecule has 0 spiro atoms. The van der Waals surface area contributed by atoms with Gasteiger partial charge in [-0.2, -0.15) is 5.26 Å². The fraction of sp³-hybridized carbons (Fsp3) is 0. The Morgan fingerprint density at radius 1 is 0.450 bits per heavy atom. The summed E-state index contributed by atoms with van der Waals surface area (Å²) in [5.74, 6) is 0. The number of para-hydroxylation sites is 6. The molecule has 0 radical (unpaired) electrons. The number of fused-ring (bicyclic) bond motifs is 2. The molecule has 0 aliphatic carbocycles. The molecular weight excluding hydrogens is 488 g/mol. The Kier molecular flexibility index (Phi) is 5.81. The number of hydrogen-bond donors (Lipinski definition) is 0. The minimum Gasteiger partial charge on any atom is -0.306 e. The molecule has 0 amide bonds. The van der Waals surface area contributed by atoms with E-state index in [2.05, 4.69) is 142 Å². The lowest BCUT2D eigenvalue weighted by molar-refractivity contribution is 1.17. The molecule has 0 saturated heterocycles. The van der Waals surface area contributed by atoms with Crippen LogP contribution in [0.25, 0.3) is 22.3 Å². The lowest BCUT2D eigenvalue weighted by Crippen LogP contribution is -2.24. The third kappa shape index (κ3) is 3.89. The van der Waals surface area contributed by atoms with Gasteiger partial charge in [-0.05, 0) is 65.7 Å². The number of aromatic nitrogens is 1. The summed E-state index contributed by atoms with van der Waals surface area (Å²) in [5, 5.41) is 9.24. The maximum atomic E-state index is 9.24. The van der Waals surface area contributed by atoms with Crippen molar-refractivity contribution in [1.82, 2.24) is 4.98 Å². The highest BCUT2D eigenvalue weighted by molar-refractivity contribution is 6.04. The summed E-state index contributed by atoms with van der Waals surface area (Å²) in [4.78, 5) is 9.04. The van der Waals surface area contributed by atoms with Gasteiger partial charge >= 0.3 is 0 Å². The van der Waals surface area contributed by atoms with Gasteiger partial charge in [0.05, 0.1) is 28.4 Å². The molecule has 7 rings (SSSR count). The van der Waals surface area contributed by atoms with Gasteiger partial charge in [0.15, 0.2) is 0 Å². The van der Waals surface area contributed by atoms with Crippen LogP contribution in [0, 0.1) is 11.3 Å². The van der Waals surface area contributed by atoms with E-state index in [9.17, 15) is 5.26 Å². The van der Waals surface area contributed by atoms with Gasteiger partial charge in [-0.1, -0.05) is 84.9 Å². The lowest BCUT2D eigenvalue weighted by atomic mass is 9.93. The molecule has 4 heteroatoms. The van der Waals surface area contributed by atoms with Crippen LogP contribution in [0.1, 0.15) is 5.69 Å². The Hall–Kier alpha value is -5.66. The SMILES string of the molecule is N#Cc1ccc(-c2ccccc2-c2ccccc2N2c3ccccc3N(c3ccccc3)c3ccccc32)cn1. The molecule has 1 aromatic heterocycles. The third-order valence-corrected chi connectivity index (χ3v) is 7.29. The zero-order valence-electron chi connectivity index (χ0n) is 21.6. The molecule has 1 aliphatic rings. The minimum absolute atomic E-state index is 0.408. The number of nitrogens with zero attached hydrogens (tertiary/aromatic N) is 4. The first-order valence-corrected chi connectivity index (χ1v) is 13.2. The Bertz CT molecular complexity index is 1820. The Morgan fingerprint density at radius 3 is 1.52 bits per heavy atom. The first kappa shape index (κ1) is 23.5. The molecule has 0 saturated carbocycles. The first-order chi connectivity index (χ1) is 19.8. The largest absolute Gasteiger partial charge is 0.306 e. The molecule has 1 aliphatic heterocycles. The summed E-state index contributed by atoms with van der Waals surface area (Å²) in [6, 6.07) is 50.5. The molecule has 0 unspecified atom stereocenters. The number of pyridine rings is 1. The molecule has 0 bridgehead atoms. The minimum atomic E-state index is 0.408. The van der Waals surface area contributed by atoms with Gasteiger partial charge in [-0.15, -0.1) is 0 Å². The van der Waals surface area contributed by atoms with Crippen molar-refractivity contribution in [3.05, 3.63) is 151 Å². The zero-order chi connectivity index (χ0) is 26.9. The highest BCUT2D eigenvalue weighted by Gasteiger charge is 2.31. The second kappa shape index (κ2) is 9.90. The van der Waals surface area contributed by atoms with Gasteiger partial charge < -0.3 is 9.80 Å². The topological polar surface area (TPSA) is 43.2 Å². The summed E-state index contributed by atoms with van der Waals surface area (Å²) < 4.78 is 0. The summed E-state index contributed by atoms with van der Waals surface area (Å²) >= 11 is 0. The van der Waals surface area contributed by atoms with Crippen molar-refractivity contribution >= 4 is 34.1 Å². The van der Waals surface area contributed by atoms with Crippen molar-refractivity contribution in [1.29, 1.82) is 5.26 Å². The number of anilines is 6. The van der Waals surface area contributed by atoms with Crippen LogP contribution in [-0.2, 0) is 0 Å². The number of benzene rings is 5. The van der Waals surface area contributed by atoms with Crippen molar-refractivity contribution in [2.75, 3.05) is 9.80 Å². The molecular formula is C36H24N4. The van der Waals surface area contributed by atoms with Crippen LogP contribution in [0.15, 0.2) is 146 Å². The van der Waals surface area contributed by atoms with E-state index in [-0.39, 0.29) is 0 Å². The van der Waals surface area contributed by atoms with Gasteiger partial charge in [-0.3, -0.25) is 0 Å². The fourth-order valence-corrected chi connectivity index (χ4v) is 5.54. The molecule has 2 heterocycles. The number of hydrogen-bond acceptors (Lipinski definition) is 4. The van der Waals surface area contributed by atoms with Gasteiger partial charge in [0, 0.05) is 23.0 Å². The van der Waals surface area contributed by atoms with E-state index in [1.807, 2.05) is 12.1 Å². The van der Waals surface area contributed by atoms with E-state index in [0.29, 0.717) is 5.69 Å². The van der Waals surface area contributed by atoms with Gasteiger partial charge in [0.2, 0.25) is 0 Å². The van der Waals surface area contributed by atoms with Crippen LogP contribution in [0.3, 0.4) is 0 Å². The van der Waals surface area contributed by atoms with Crippen molar-refractivity contribution in [2.24, 2.45) is 0 Å². The van der Waals surface area contributed by atoms with E-state index in [1.54, 1.807) is 12.3 Å². The smallest absolute Gasteiger partial charge is 0.140 e. The lowest BCUT2D eigenvalue weighted by Gasteiger charge is -2.41. The molecule has 40 heavy (non-hydrogen) atoms. The molecule has 0 fully saturated rings. The second-order valence-corrected chi connectivity index (χ2v) is 9.59. The number of rotatable bonds is 4. The molecule has 4 nitrogen and oxygen atoms in total. The summed E-state index contributed by atoms with van der Waals surface area (Å²) in [6.07, 6.45) is 1.78. The second-order valence-electron chi connectivity index (χ2n) is 9.59. The van der Waals surface area contributed by atoms with E-state index in [1.165, 1.54) is 0 Å². The summed E-state index contributed by atoms with van der Waals surface area (Å²) in [7, 11) is 0. The fourth-order valence-electron chi connectivity index (χ4n) is 5.54. The quantitative estimate of drug-likeness (QED) is 0.235. The average Bonchev–Trinajstić information content (AvgIpc) is 3.04. The van der Waals surface area contributed by atoms with E-state index < -0.39 is 0 Å². The van der Waals surface area contributed by atoms with Crippen molar-refractivity contribution in [3.8, 4) is 28.3 Å². The van der Waals surface area contributed by atoms with Crippen molar-refractivity contribution < 1.29 is 0 Å². The van der Waals surface area contributed by atoms with Crippen molar-refractivity contribution in [3.63, 3.8) is 0 Å². The van der Waals surface area contributed by atoms with Crippen molar-refractivity contribution in [2.45, 2.75) is 0 Å². The first-order valence-electron chi connectivity index (χ1n) is 13.2. The molecule has 0 N–H and O–H groups in total. The van der Waals surface area contributed by atoms with Gasteiger partial charge in [-0.25, -0.2) is 4.98 Å². The van der Waals surface area contributed by atoms with Crippen LogP contribution in [0.4, 0.5) is 34.1 Å². The monoisotopic (exact) mass is 512 g/mol. The highest BCUT2D eigenvalue weighted by Crippen LogP contribution is 2.55. The Morgan fingerprint density at radius 2 is 0.950 bits per heavy atom. The maximum Gasteiger partial charge on any atom is 0.140 e.